The zero-order chi connectivity index (χ0) is 15.2. The molecule has 2 fully saturated rings. The molecule has 0 atom stereocenters. The molecular weight excluding hydrogens is 282 g/mol. The maximum absolute atomic E-state index is 13.3. The number of rotatable bonds is 4. The Morgan fingerprint density at radius 3 is 1.86 bits per heavy atom. The third kappa shape index (κ3) is 2.76. The lowest BCUT2D eigenvalue weighted by Crippen LogP contribution is -2.41. The summed E-state index contributed by atoms with van der Waals surface area (Å²) in [5.41, 5.74) is 2.90. The summed E-state index contributed by atoms with van der Waals surface area (Å²) in [6.45, 7) is 5.87. The van der Waals surface area contributed by atoms with E-state index in [9.17, 15) is 8.42 Å². The second kappa shape index (κ2) is 5.40. The molecule has 1 aromatic carbocycles. The summed E-state index contributed by atoms with van der Waals surface area (Å²) in [6, 6.07) is 4.44. The van der Waals surface area contributed by atoms with Crippen LogP contribution >= 0.6 is 0 Å². The van der Waals surface area contributed by atoms with Crippen molar-refractivity contribution in [2.75, 3.05) is 0 Å². The van der Waals surface area contributed by atoms with Crippen LogP contribution in [0.4, 0.5) is 0 Å². The van der Waals surface area contributed by atoms with Gasteiger partial charge in [-0.2, -0.15) is 4.31 Å². The number of hydrogen-bond acceptors (Lipinski definition) is 2. The molecule has 0 aliphatic heterocycles. The van der Waals surface area contributed by atoms with Crippen molar-refractivity contribution in [3.63, 3.8) is 0 Å². The van der Waals surface area contributed by atoms with Crippen molar-refractivity contribution in [2.45, 2.75) is 76.3 Å². The highest BCUT2D eigenvalue weighted by Gasteiger charge is 2.44. The minimum atomic E-state index is -3.37. The first-order valence-electron chi connectivity index (χ1n) is 8.02. The second-order valence-electron chi connectivity index (χ2n) is 6.73. The molecule has 116 valence electrons. The van der Waals surface area contributed by atoms with Gasteiger partial charge in [-0.3, -0.25) is 0 Å². The summed E-state index contributed by atoms with van der Waals surface area (Å²) in [6.07, 6.45) is 6.43. The maximum atomic E-state index is 13.3. The van der Waals surface area contributed by atoms with Crippen molar-refractivity contribution in [3.8, 4) is 0 Å². The zero-order valence-corrected chi connectivity index (χ0v) is 14.0. The highest BCUT2D eigenvalue weighted by Crippen LogP contribution is 2.40. The van der Waals surface area contributed by atoms with E-state index in [1.807, 2.05) is 37.2 Å². The molecule has 0 amide bonds. The average molecular weight is 307 g/mol. The number of nitrogens with zero attached hydrogens (tertiary/aromatic N) is 1. The van der Waals surface area contributed by atoms with Gasteiger partial charge in [-0.15, -0.1) is 0 Å². The van der Waals surface area contributed by atoms with Gasteiger partial charge in [-0.05, 0) is 57.6 Å². The summed E-state index contributed by atoms with van der Waals surface area (Å²) in [5, 5.41) is 0. The van der Waals surface area contributed by atoms with Gasteiger partial charge in [0, 0.05) is 12.1 Å². The second-order valence-corrected chi connectivity index (χ2v) is 8.51. The van der Waals surface area contributed by atoms with Crippen molar-refractivity contribution < 1.29 is 8.42 Å². The standard InChI is InChI=1S/C17H25NO2S/c1-12-10-13(2)17(14(3)11-12)21(19,20)18(16-8-9-16)15-6-4-5-7-15/h10-11,15-16H,4-9H2,1-3H3. The summed E-state index contributed by atoms with van der Waals surface area (Å²) < 4.78 is 28.4. The monoisotopic (exact) mass is 307 g/mol. The van der Waals surface area contributed by atoms with Gasteiger partial charge >= 0.3 is 0 Å². The quantitative estimate of drug-likeness (QED) is 0.850. The normalized spacial score (nSPS) is 20.4. The van der Waals surface area contributed by atoms with Crippen LogP contribution in [0.1, 0.15) is 55.2 Å². The van der Waals surface area contributed by atoms with Crippen LogP contribution in [0, 0.1) is 20.8 Å². The van der Waals surface area contributed by atoms with Crippen LogP contribution in [0.2, 0.25) is 0 Å². The molecule has 0 saturated heterocycles. The summed E-state index contributed by atoms with van der Waals surface area (Å²) in [5.74, 6) is 0. The first-order valence-corrected chi connectivity index (χ1v) is 9.46. The van der Waals surface area contributed by atoms with E-state index in [2.05, 4.69) is 0 Å². The van der Waals surface area contributed by atoms with E-state index < -0.39 is 10.0 Å². The lowest BCUT2D eigenvalue weighted by Gasteiger charge is -2.29. The summed E-state index contributed by atoms with van der Waals surface area (Å²) in [4.78, 5) is 0.548. The van der Waals surface area contributed by atoms with Gasteiger partial charge in [0.15, 0.2) is 0 Å². The van der Waals surface area contributed by atoms with Crippen molar-refractivity contribution in [1.82, 2.24) is 4.31 Å². The molecule has 1 aromatic rings. The van der Waals surface area contributed by atoms with Crippen molar-refractivity contribution in [1.29, 1.82) is 0 Å². The van der Waals surface area contributed by atoms with Crippen molar-refractivity contribution in [2.24, 2.45) is 0 Å². The van der Waals surface area contributed by atoms with Crippen LogP contribution in [-0.4, -0.2) is 24.8 Å². The fourth-order valence-electron chi connectivity index (χ4n) is 3.86. The first-order chi connectivity index (χ1) is 9.91. The van der Waals surface area contributed by atoms with Crippen molar-refractivity contribution >= 4 is 10.0 Å². The zero-order valence-electron chi connectivity index (χ0n) is 13.2. The number of aryl methyl sites for hydroxylation is 3. The lowest BCUT2D eigenvalue weighted by atomic mass is 10.1. The molecule has 2 aliphatic rings. The third-order valence-corrected chi connectivity index (χ3v) is 7.04. The van der Waals surface area contributed by atoms with Crippen LogP contribution in [-0.2, 0) is 10.0 Å². The Balaban J connectivity index is 2.06. The molecule has 0 N–H and O–H groups in total. The fraction of sp³-hybridized carbons (Fsp3) is 0.647. The molecule has 0 spiro atoms. The molecular formula is C17H25NO2S. The van der Waals surface area contributed by atoms with Crippen LogP contribution in [0.5, 0.6) is 0 Å². The maximum Gasteiger partial charge on any atom is 0.244 e. The first kappa shape index (κ1) is 15.0. The van der Waals surface area contributed by atoms with Gasteiger partial charge in [0.2, 0.25) is 10.0 Å². The van der Waals surface area contributed by atoms with Gasteiger partial charge in [-0.25, -0.2) is 8.42 Å². The lowest BCUT2D eigenvalue weighted by molar-refractivity contribution is 0.314. The molecule has 3 rings (SSSR count). The summed E-state index contributed by atoms with van der Waals surface area (Å²) >= 11 is 0. The molecule has 0 unspecified atom stereocenters. The molecule has 2 aliphatic carbocycles. The van der Waals surface area contributed by atoms with Crippen molar-refractivity contribution in [3.05, 3.63) is 28.8 Å². The SMILES string of the molecule is Cc1cc(C)c(S(=O)(=O)N(C2CCCC2)C2CC2)c(C)c1. The Bertz CT molecular complexity index is 618. The van der Waals surface area contributed by atoms with Crippen LogP contribution in [0.3, 0.4) is 0 Å². The predicted octanol–water partition coefficient (Wildman–Crippen LogP) is 3.71. The number of benzene rings is 1. The topological polar surface area (TPSA) is 37.4 Å². The molecule has 0 bridgehead atoms. The van der Waals surface area contributed by atoms with Gasteiger partial charge < -0.3 is 0 Å². The molecule has 3 nitrogen and oxygen atoms in total. The highest BCUT2D eigenvalue weighted by molar-refractivity contribution is 7.89. The van der Waals surface area contributed by atoms with E-state index in [4.69, 9.17) is 0 Å². The van der Waals surface area contributed by atoms with Crippen LogP contribution < -0.4 is 0 Å². The molecule has 0 aromatic heterocycles. The Morgan fingerprint density at radius 1 is 0.905 bits per heavy atom. The number of hydrogen-bond donors (Lipinski definition) is 0. The Labute approximate surface area is 128 Å². The number of sulfonamides is 1. The Kier molecular flexibility index (Phi) is 3.87. The smallest absolute Gasteiger partial charge is 0.207 e. The van der Waals surface area contributed by atoms with E-state index in [1.54, 1.807) is 0 Å². The van der Waals surface area contributed by atoms with Gasteiger partial charge in [-0.1, -0.05) is 30.5 Å². The van der Waals surface area contributed by atoms with Gasteiger partial charge in [0.05, 0.1) is 4.90 Å². The van der Waals surface area contributed by atoms with Gasteiger partial charge in [0.25, 0.3) is 0 Å². The fourth-order valence-corrected chi connectivity index (χ4v) is 6.21. The molecule has 21 heavy (non-hydrogen) atoms. The Hall–Kier alpha value is -0.870. The molecule has 0 heterocycles. The molecule has 2 saturated carbocycles. The molecule has 0 radical (unpaired) electrons. The minimum Gasteiger partial charge on any atom is -0.207 e. The van der Waals surface area contributed by atoms with Gasteiger partial charge in [0.1, 0.15) is 0 Å². The summed E-state index contributed by atoms with van der Waals surface area (Å²) in [7, 11) is -3.37. The predicted molar refractivity (Wildman–Crippen MR) is 85.0 cm³/mol. The van der Waals surface area contributed by atoms with Crippen LogP contribution in [0.15, 0.2) is 17.0 Å². The van der Waals surface area contributed by atoms with E-state index in [-0.39, 0.29) is 12.1 Å². The minimum absolute atomic E-state index is 0.225. The van der Waals surface area contributed by atoms with E-state index in [0.29, 0.717) is 4.90 Å². The average Bonchev–Trinajstić information content (AvgIpc) is 3.01. The van der Waals surface area contributed by atoms with E-state index in [1.165, 1.54) is 0 Å². The largest absolute Gasteiger partial charge is 0.244 e. The van der Waals surface area contributed by atoms with E-state index in [0.717, 1.165) is 55.2 Å². The van der Waals surface area contributed by atoms with E-state index >= 15 is 0 Å². The third-order valence-electron chi connectivity index (χ3n) is 4.73. The Morgan fingerprint density at radius 2 is 1.38 bits per heavy atom. The molecule has 4 heteroatoms. The van der Waals surface area contributed by atoms with Crippen LogP contribution in [0.25, 0.3) is 0 Å². The highest BCUT2D eigenvalue weighted by atomic mass is 32.2.